The van der Waals surface area contributed by atoms with Gasteiger partial charge in [-0.1, -0.05) is 29.8 Å². The minimum absolute atomic E-state index is 0.158. The average Bonchev–Trinajstić information content (AvgIpc) is 2.30. The molecule has 4 nitrogen and oxygen atoms in total. The number of hydrogen-bond donors (Lipinski definition) is 0. The van der Waals surface area contributed by atoms with Crippen molar-refractivity contribution in [2.24, 2.45) is 0 Å². The Kier molecular flexibility index (Phi) is 9.99. The van der Waals surface area contributed by atoms with E-state index < -0.39 is 14.3 Å². The Bertz CT molecular complexity index is 233. The molecule has 0 aliphatic carbocycles. The minimum atomic E-state index is -1.05. The molecule has 0 aromatic carbocycles. The highest BCUT2D eigenvalue weighted by atomic mass is 79.9. The number of carbonyl (C=O) groups excluding carboxylic acids is 1. The Hall–Kier alpha value is -0.120. The first-order valence-corrected chi connectivity index (χ1v) is 7.53. The average molecular weight is 313 g/mol. The van der Waals surface area contributed by atoms with Crippen LogP contribution in [0.5, 0.6) is 0 Å². The second kappa shape index (κ2) is 10.1. The molecule has 6 heteroatoms. The summed E-state index contributed by atoms with van der Waals surface area (Å²) in [5, 5.41) is 0. The van der Waals surface area contributed by atoms with Crippen molar-refractivity contribution in [3.05, 3.63) is 10.7 Å². The topological polar surface area (TPSA) is 44.8 Å². The molecule has 0 radical (unpaired) electrons. The number of ether oxygens (including phenoxy) is 1. The third-order valence-corrected chi connectivity index (χ3v) is 3.28. The van der Waals surface area contributed by atoms with Gasteiger partial charge in [0.1, 0.15) is 0 Å². The molecule has 0 fully saturated rings. The molecule has 0 aliphatic rings. The summed E-state index contributed by atoms with van der Waals surface area (Å²) >= 11 is 3.08. The molecule has 1 atom stereocenters. The van der Waals surface area contributed by atoms with Crippen LogP contribution in [0, 0.1) is 0 Å². The van der Waals surface area contributed by atoms with Crippen molar-refractivity contribution in [2.75, 3.05) is 19.4 Å². The lowest BCUT2D eigenvalue weighted by Gasteiger charge is -2.16. The van der Waals surface area contributed by atoms with Gasteiger partial charge >= 0.3 is 5.97 Å². The van der Waals surface area contributed by atoms with Crippen molar-refractivity contribution < 1.29 is 18.6 Å². The first-order chi connectivity index (χ1) is 7.69. The van der Waals surface area contributed by atoms with Crippen LogP contribution in [0.3, 0.4) is 0 Å². The second-order valence-electron chi connectivity index (χ2n) is 2.77. The molecule has 1 unspecified atom stereocenters. The maximum Gasteiger partial charge on any atom is 0.374 e. The predicted molar refractivity (Wildman–Crippen MR) is 68.4 cm³/mol. The van der Waals surface area contributed by atoms with Gasteiger partial charge in [-0.15, -0.1) is 0 Å². The Morgan fingerprint density at radius 1 is 1.38 bits per heavy atom. The van der Waals surface area contributed by atoms with Gasteiger partial charge in [0.15, 0.2) is 0 Å². The molecule has 94 valence electrons. The molecule has 16 heavy (non-hydrogen) atoms. The van der Waals surface area contributed by atoms with E-state index in [0.717, 1.165) is 12.6 Å². The lowest BCUT2D eigenvalue weighted by atomic mass is 10.5. The molecule has 0 saturated heterocycles. The third-order valence-electron chi connectivity index (χ3n) is 1.47. The van der Waals surface area contributed by atoms with Crippen LogP contribution in [0.2, 0.25) is 0 Å². The van der Waals surface area contributed by atoms with Crippen molar-refractivity contribution in [3.8, 4) is 0 Å². The van der Waals surface area contributed by atoms with E-state index in [1.165, 1.54) is 4.99 Å². The molecule has 0 amide bonds. The zero-order chi connectivity index (χ0) is 12.4. The van der Waals surface area contributed by atoms with Crippen LogP contribution in [0.15, 0.2) is 10.7 Å². The van der Waals surface area contributed by atoms with Crippen molar-refractivity contribution >= 4 is 30.3 Å². The van der Waals surface area contributed by atoms with Gasteiger partial charge in [0.2, 0.25) is 14.1 Å². The second-order valence-corrected chi connectivity index (χ2v) is 4.96. The van der Waals surface area contributed by atoms with Gasteiger partial charge in [0, 0.05) is 11.1 Å². The zero-order valence-corrected chi connectivity index (χ0v) is 12.3. The van der Waals surface area contributed by atoms with Gasteiger partial charge in [-0.05, 0) is 13.3 Å². The Morgan fingerprint density at radius 3 is 2.50 bits per heavy atom. The summed E-state index contributed by atoms with van der Waals surface area (Å²) in [5.74, 6) is -0.314. The molecule has 0 saturated carbocycles. The molecular formula is C10H18BrO4P. The summed E-state index contributed by atoms with van der Waals surface area (Å²) in [5.41, 5.74) is 0. The SMILES string of the molecule is CCCOP(CC)O/C(=C/Br)C(=O)OCC. The molecule has 0 aromatic heterocycles. The summed E-state index contributed by atoms with van der Waals surface area (Å²) in [6.07, 6.45) is 1.66. The Labute approximate surface area is 106 Å². The number of esters is 1. The van der Waals surface area contributed by atoms with Crippen molar-refractivity contribution in [3.63, 3.8) is 0 Å². The highest BCUT2D eigenvalue weighted by molar-refractivity contribution is 9.11. The summed E-state index contributed by atoms with van der Waals surface area (Å²) in [6, 6.07) is 0. The van der Waals surface area contributed by atoms with Crippen LogP contribution < -0.4 is 0 Å². The van der Waals surface area contributed by atoms with Gasteiger partial charge in [0.05, 0.1) is 13.2 Å². The highest BCUT2D eigenvalue weighted by Gasteiger charge is 2.18. The lowest BCUT2D eigenvalue weighted by molar-refractivity contribution is -0.141. The van der Waals surface area contributed by atoms with Crippen LogP contribution >= 0.6 is 24.3 Å². The fourth-order valence-electron chi connectivity index (χ4n) is 0.789. The monoisotopic (exact) mass is 312 g/mol. The fourth-order valence-corrected chi connectivity index (χ4v) is 2.31. The molecule has 0 rings (SSSR count). The fraction of sp³-hybridized carbons (Fsp3) is 0.700. The molecule has 0 aliphatic heterocycles. The third kappa shape index (κ3) is 6.46. The van der Waals surface area contributed by atoms with Gasteiger partial charge in [0.25, 0.3) is 0 Å². The highest BCUT2D eigenvalue weighted by Crippen LogP contribution is 2.40. The first-order valence-electron chi connectivity index (χ1n) is 5.25. The van der Waals surface area contributed by atoms with E-state index in [4.69, 9.17) is 13.8 Å². The summed E-state index contributed by atoms with van der Waals surface area (Å²) in [4.78, 5) is 12.8. The molecule has 0 heterocycles. The molecule has 0 bridgehead atoms. The molecule has 0 N–H and O–H groups in total. The van der Waals surface area contributed by atoms with Crippen LogP contribution in [0.1, 0.15) is 27.2 Å². The first kappa shape index (κ1) is 15.9. The van der Waals surface area contributed by atoms with E-state index in [-0.39, 0.29) is 5.76 Å². The van der Waals surface area contributed by atoms with Crippen molar-refractivity contribution in [2.45, 2.75) is 27.2 Å². The van der Waals surface area contributed by atoms with Crippen LogP contribution in [0.25, 0.3) is 0 Å². The Balaban J connectivity index is 4.22. The van der Waals surface area contributed by atoms with E-state index in [9.17, 15) is 4.79 Å². The van der Waals surface area contributed by atoms with E-state index in [2.05, 4.69) is 15.9 Å². The van der Waals surface area contributed by atoms with Gasteiger partial charge in [-0.25, -0.2) is 4.79 Å². The largest absolute Gasteiger partial charge is 0.460 e. The van der Waals surface area contributed by atoms with E-state index in [1.54, 1.807) is 6.92 Å². The predicted octanol–water partition coefficient (Wildman–Crippen LogP) is 3.56. The van der Waals surface area contributed by atoms with E-state index in [1.807, 2.05) is 13.8 Å². The smallest absolute Gasteiger partial charge is 0.374 e. The number of hydrogen-bond acceptors (Lipinski definition) is 4. The maximum atomic E-state index is 11.4. The summed E-state index contributed by atoms with van der Waals surface area (Å²) in [7, 11) is -1.05. The molecule has 0 spiro atoms. The summed E-state index contributed by atoms with van der Waals surface area (Å²) in [6.45, 7) is 6.69. The van der Waals surface area contributed by atoms with Crippen molar-refractivity contribution in [1.29, 1.82) is 0 Å². The summed E-state index contributed by atoms with van der Waals surface area (Å²) < 4.78 is 15.8. The quantitative estimate of drug-likeness (QED) is 0.297. The number of halogens is 1. The minimum Gasteiger partial charge on any atom is -0.460 e. The maximum absolute atomic E-state index is 11.4. The van der Waals surface area contributed by atoms with E-state index in [0.29, 0.717) is 13.2 Å². The van der Waals surface area contributed by atoms with Crippen LogP contribution in [-0.4, -0.2) is 25.3 Å². The van der Waals surface area contributed by atoms with Gasteiger partial charge < -0.3 is 13.8 Å². The van der Waals surface area contributed by atoms with Crippen LogP contribution in [-0.2, 0) is 18.6 Å². The Morgan fingerprint density at radius 2 is 2.06 bits per heavy atom. The van der Waals surface area contributed by atoms with Crippen LogP contribution in [0.4, 0.5) is 0 Å². The van der Waals surface area contributed by atoms with Gasteiger partial charge in [-0.3, -0.25) is 0 Å². The number of carbonyl (C=O) groups is 1. The normalized spacial score (nSPS) is 13.4. The lowest BCUT2D eigenvalue weighted by Crippen LogP contribution is -2.09. The van der Waals surface area contributed by atoms with Crippen molar-refractivity contribution in [1.82, 2.24) is 0 Å². The molecule has 0 aromatic rings. The standard InChI is InChI=1S/C10H18BrO4P/c1-4-7-14-16(6-3)15-9(8-11)10(12)13-5-2/h8H,4-7H2,1-3H3/b9-8+. The van der Waals surface area contributed by atoms with Gasteiger partial charge in [-0.2, -0.15) is 0 Å². The number of rotatable bonds is 8. The van der Waals surface area contributed by atoms with E-state index >= 15 is 0 Å². The molecular weight excluding hydrogens is 295 g/mol. The zero-order valence-electron chi connectivity index (χ0n) is 9.86.